The Morgan fingerprint density at radius 3 is 2.73 bits per heavy atom. The molecule has 2 N–H and O–H groups in total. The van der Waals surface area contributed by atoms with Crippen molar-refractivity contribution >= 4 is 5.91 Å². The Balaban J connectivity index is 1.51. The van der Waals surface area contributed by atoms with E-state index in [-0.39, 0.29) is 24.3 Å². The first-order valence-electron chi connectivity index (χ1n) is 8.81. The maximum absolute atomic E-state index is 12.4. The van der Waals surface area contributed by atoms with Crippen LogP contribution in [-0.4, -0.2) is 42.2 Å². The number of pyridine rings is 1. The molecule has 1 saturated heterocycles. The number of carbonyl (C=O) groups is 1. The molecule has 1 aromatic carbocycles. The van der Waals surface area contributed by atoms with Gasteiger partial charge in [0.25, 0.3) is 5.91 Å². The van der Waals surface area contributed by atoms with Crippen LogP contribution in [0.3, 0.4) is 0 Å². The van der Waals surface area contributed by atoms with Gasteiger partial charge < -0.3 is 19.8 Å². The minimum Gasteiger partial charge on any atom is -0.454 e. The lowest BCUT2D eigenvalue weighted by Gasteiger charge is -2.28. The van der Waals surface area contributed by atoms with Crippen LogP contribution >= 0.6 is 0 Å². The maximum Gasteiger partial charge on any atom is 0.252 e. The monoisotopic (exact) mass is 355 g/mol. The Morgan fingerprint density at radius 2 is 1.96 bits per heavy atom. The maximum atomic E-state index is 12.4. The molecule has 2 aliphatic rings. The van der Waals surface area contributed by atoms with Gasteiger partial charge in [-0.15, -0.1) is 0 Å². The average Bonchev–Trinajstić information content (AvgIpc) is 3.34. The number of carbonyl (C=O) groups excluding carboxylic acids is 1. The van der Waals surface area contributed by atoms with Gasteiger partial charge in [-0.05, 0) is 49.7 Å². The van der Waals surface area contributed by atoms with Crippen molar-refractivity contribution in [3.05, 3.63) is 58.0 Å². The molecule has 1 unspecified atom stereocenters. The molecule has 0 radical (unpaired) electrons. The van der Waals surface area contributed by atoms with E-state index in [4.69, 9.17) is 9.47 Å². The Kier molecular flexibility index (Phi) is 4.62. The highest BCUT2D eigenvalue weighted by atomic mass is 16.7. The lowest BCUT2D eigenvalue weighted by Crippen LogP contribution is -2.37. The minimum absolute atomic E-state index is 0.0683. The number of aromatic amines is 1. The predicted octanol–water partition coefficient (Wildman–Crippen LogP) is 1.67. The van der Waals surface area contributed by atoms with Crippen LogP contribution in [0.2, 0.25) is 0 Å². The standard InChI is InChI=1S/C19H21N3O4/c23-18-6-4-14(10-20-18)19(24)21-11-15(22-7-1-2-8-22)13-3-5-16-17(9-13)26-12-25-16/h3-6,9-10,15H,1-2,7-8,11-12H2,(H,20,23)(H,21,24). The molecule has 1 atom stereocenters. The molecular weight excluding hydrogens is 334 g/mol. The van der Waals surface area contributed by atoms with E-state index < -0.39 is 0 Å². The molecule has 4 rings (SSSR count). The third kappa shape index (κ3) is 3.43. The highest BCUT2D eigenvalue weighted by Crippen LogP contribution is 2.36. The highest BCUT2D eigenvalue weighted by molar-refractivity contribution is 5.93. The van der Waals surface area contributed by atoms with Gasteiger partial charge in [-0.1, -0.05) is 6.07 Å². The lowest BCUT2D eigenvalue weighted by atomic mass is 10.0. The van der Waals surface area contributed by atoms with Crippen molar-refractivity contribution in [2.75, 3.05) is 26.4 Å². The first-order chi connectivity index (χ1) is 12.7. The zero-order chi connectivity index (χ0) is 17.9. The van der Waals surface area contributed by atoms with Crippen LogP contribution in [0, 0.1) is 0 Å². The second kappa shape index (κ2) is 7.21. The van der Waals surface area contributed by atoms with Gasteiger partial charge in [0.15, 0.2) is 11.5 Å². The fraction of sp³-hybridized carbons (Fsp3) is 0.368. The summed E-state index contributed by atoms with van der Waals surface area (Å²) in [5.74, 6) is 1.30. The van der Waals surface area contributed by atoms with Crippen molar-refractivity contribution < 1.29 is 14.3 Å². The average molecular weight is 355 g/mol. The first-order valence-corrected chi connectivity index (χ1v) is 8.81. The summed E-state index contributed by atoms with van der Waals surface area (Å²) in [6, 6.07) is 8.90. The smallest absolute Gasteiger partial charge is 0.252 e. The minimum atomic E-state index is -0.225. The normalized spacial score (nSPS) is 17.2. The molecule has 1 aromatic heterocycles. The van der Waals surface area contributed by atoms with Gasteiger partial charge in [0.05, 0.1) is 11.6 Å². The molecule has 7 heteroatoms. The first kappa shape index (κ1) is 16.7. The van der Waals surface area contributed by atoms with Crippen LogP contribution in [0.1, 0.15) is 34.8 Å². The van der Waals surface area contributed by atoms with Crippen molar-refractivity contribution in [1.29, 1.82) is 0 Å². The second-order valence-corrected chi connectivity index (χ2v) is 6.52. The van der Waals surface area contributed by atoms with Gasteiger partial charge in [0.2, 0.25) is 12.4 Å². The van der Waals surface area contributed by atoms with E-state index >= 15 is 0 Å². The third-order valence-electron chi connectivity index (χ3n) is 4.87. The van der Waals surface area contributed by atoms with Crippen molar-refractivity contribution in [2.45, 2.75) is 18.9 Å². The topological polar surface area (TPSA) is 83.7 Å². The van der Waals surface area contributed by atoms with Gasteiger partial charge >= 0.3 is 0 Å². The number of likely N-dealkylation sites (tertiary alicyclic amines) is 1. The largest absolute Gasteiger partial charge is 0.454 e. The fourth-order valence-corrected chi connectivity index (χ4v) is 3.47. The molecule has 7 nitrogen and oxygen atoms in total. The molecule has 2 aliphatic heterocycles. The van der Waals surface area contributed by atoms with Crippen LogP contribution in [0.5, 0.6) is 11.5 Å². The van der Waals surface area contributed by atoms with Gasteiger partial charge in [0, 0.05) is 18.8 Å². The Hall–Kier alpha value is -2.80. The zero-order valence-electron chi connectivity index (χ0n) is 14.4. The molecule has 0 spiro atoms. The summed E-state index contributed by atoms with van der Waals surface area (Å²) in [6.07, 6.45) is 3.76. The van der Waals surface area contributed by atoms with Crippen LogP contribution in [0.25, 0.3) is 0 Å². The lowest BCUT2D eigenvalue weighted by molar-refractivity contribution is 0.0937. The number of nitrogens with one attached hydrogen (secondary N) is 2. The molecular formula is C19H21N3O4. The van der Waals surface area contributed by atoms with E-state index in [0.717, 1.165) is 43.0 Å². The molecule has 3 heterocycles. The number of nitrogens with zero attached hydrogens (tertiary/aromatic N) is 1. The van der Waals surface area contributed by atoms with Crippen molar-refractivity contribution in [2.24, 2.45) is 0 Å². The zero-order valence-corrected chi connectivity index (χ0v) is 14.4. The van der Waals surface area contributed by atoms with Crippen molar-refractivity contribution in [3.63, 3.8) is 0 Å². The van der Waals surface area contributed by atoms with Crippen molar-refractivity contribution in [3.8, 4) is 11.5 Å². The van der Waals surface area contributed by atoms with Gasteiger partial charge in [-0.3, -0.25) is 14.5 Å². The van der Waals surface area contributed by atoms with E-state index in [9.17, 15) is 9.59 Å². The van der Waals surface area contributed by atoms with Crippen molar-refractivity contribution in [1.82, 2.24) is 15.2 Å². The Bertz CT molecular complexity index is 838. The fourth-order valence-electron chi connectivity index (χ4n) is 3.47. The number of hydrogen-bond donors (Lipinski definition) is 2. The predicted molar refractivity (Wildman–Crippen MR) is 95.5 cm³/mol. The SMILES string of the molecule is O=C(NCC(c1ccc2c(c1)OCO2)N1CCCC1)c1ccc(=O)[nH]c1. The molecule has 1 fully saturated rings. The molecule has 0 aliphatic carbocycles. The van der Waals surface area contributed by atoms with E-state index in [0.29, 0.717) is 12.1 Å². The Labute approximate surface area is 150 Å². The molecule has 1 amide bonds. The van der Waals surface area contributed by atoms with Gasteiger partial charge in [0.1, 0.15) is 0 Å². The summed E-state index contributed by atoms with van der Waals surface area (Å²) in [6.45, 7) is 2.75. The number of amides is 1. The van der Waals surface area contributed by atoms with E-state index in [1.54, 1.807) is 0 Å². The summed E-state index contributed by atoms with van der Waals surface area (Å²) in [5.41, 5.74) is 1.31. The van der Waals surface area contributed by atoms with Gasteiger partial charge in [-0.25, -0.2) is 0 Å². The molecule has 136 valence electrons. The van der Waals surface area contributed by atoms with Crippen LogP contribution in [0.15, 0.2) is 41.3 Å². The van der Waals surface area contributed by atoms with Crippen LogP contribution in [0.4, 0.5) is 0 Å². The molecule has 0 bridgehead atoms. The third-order valence-corrected chi connectivity index (χ3v) is 4.87. The number of benzene rings is 1. The van der Waals surface area contributed by atoms with Crippen LogP contribution in [-0.2, 0) is 0 Å². The number of hydrogen-bond acceptors (Lipinski definition) is 5. The highest BCUT2D eigenvalue weighted by Gasteiger charge is 2.26. The van der Waals surface area contributed by atoms with E-state index in [1.165, 1.54) is 18.3 Å². The number of aromatic nitrogens is 1. The summed E-state index contributed by atoms with van der Waals surface area (Å²) in [4.78, 5) is 28.4. The quantitative estimate of drug-likeness (QED) is 0.852. The van der Waals surface area contributed by atoms with E-state index in [1.807, 2.05) is 18.2 Å². The summed E-state index contributed by atoms with van der Waals surface area (Å²) < 4.78 is 10.9. The summed E-state index contributed by atoms with van der Waals surface area (Å²) >= 11 is 0. The number of rotatable bonds is 5. The second-order valence-electron chi connectivity index (χ2n) is 6.52. The summed E-state index contributed by atoms with van der Waals surface area (Å²) in [5, 5.41) is 2.99. The van der Waals surface area contributed by atoms with Crippen LogP contribution < -0.4 is 20.3 Å². The number of ether oxygens (including phenoxy) is 2. The summed E-state index contributed by atoms with van der Waals surface area (Å²) in [7, 11) is 0. The van der Waals surface area contributed by atoms with Gasteiger partial charge in [-0.2, -0.15) is 0 Å². The molecule has 2 aromatic rings. The van der Waals surface area contributed by atoms with E-state index in [2.05, 4.69) is 15.2 Å². The number of H-pyrrole nitrogens is 1. The molecule has 0 saturated carbocycles. The molecule has 26 heavy (non-hydrogen) atoms. The Morgan fingerprint density at radius 1 is 1.15 bits per heavy atom. The number of fused-ring (bicyclic) bond motifs is 1.